The topological polar surface area (TPSA) is 0 Å². The average molecular weight is 483 g/mol. The summed E-state index contributed by atoms with van der Waals surface area (Å²) in [5, 5.41) is 12.6. The van der Waals surface area contributed by atoms with Crippen LogP contribution in [-0.4, -0.2) is 0 Å². The van der Waals surface area contributed by atoms with Crippen molar-refractivity contribution in [2.24, 2.45) is 0 Å². The second-order valence-electron chi connectivity index (χ2n) is 8.41. The van der Waals surface area contributed by atoms with Gasteiger partial charge >= 0.3 is 0 Å². The van der Waals surface area contributed by atoms with Crippen LogP contribution in [0.4, 0.5) is 0 Å². The van der Waals surface area contributed by atoms with Crippen molar-refractivity contribution in [2.45, 2.75) is 13.8 Å². The lowest BCUT2D eigenvalue weighted by molar-refractivity contribution is 1.56. The molecule has 7 rings (SSSR count). The van der Waals surface area contributed by atoms with Gasteiger partial charge in [0.25, 0.3) is 0 Å². The summed E-state index contributed by atoms with van der Waals surface area (Å²) in [6.07, 6.45) is 0. The van der Waals surface area contributed by atoms with Crippen LogP contribution < -0.4 is 0 Å². The van der Waals surface area contributed by atoms with Crippen molar-refractivity contribution >= 4 is 87.1 Å². The number of thiophene rings is 4. The highest BCUT2D eigenvalue weighted by Crippen LogP contribution is 2.44. The molecule has 7 aromatic rings. The molecule has 0 amide bonds. The molecule has 4 heteroatoms. The van der Waals surface area contributed by atoms with E-state index in [9.17, 15) is 0 Å². The standard InChI is InChI=1S/C28H18S4/c1-15-9-25(29-13-15)27-11-21-19-3-4-20-18(17(19)5-7-23(21)31-27)6-8-24-22(20)12-28(32-24)26-10-16(2)14-30-26/h3-14H,1-2H3. The lowest BCUT2D eigenvalue weighted by atomic mass is 9.98. The van der Waals surface area contributed by atoms with E-state index in [2.05, 4.69) is 85.3 Å². The van der Waals surface area contributed by atoms with Crippen LogP contribution in [0.25, 0.3) is 61.2 Å². The fourth-order valence-electron chi connectivity index (χ4n) is 4.63. The van der Waals surface area contributed by atoms with Crippen LogP contribution in [-0.2, 0) is 0 Å². The molecule has 4 heterocycles. The first-order valence-corrected chi connectivity index (χ1v) is 14.0. The summed E-state index contributed by atoms with van der Waals surface area (Å²) in [5.74, 6) is 0. The third-order valence-electron chi connectivity index (χ3n) is 6.14. The first-order valence-electron chi connectivity index (χ1n) is 10.6. The van der Waals surface area contributed by atoms with Gasteiger partial charge < -0.3 is 0 Å². The van der Waals surface area contributed by atoms with E-state index >= 15 is 0 Å². The second-order valence-corrected chi connectivity index (χ2v) is 12.4. The molecule has 0 aliphatic heterocycles. The molecule has 0 spiro atoms. The fraction of sp³-hybridized carbons (Fsp3) is 0.0714. The predicted octanol–water partition coefficient (Wildman–Crippen LogP) is 10.5. The van der Waals surface area contributed by atoms with Gasteiger partial charge in [-0.1, -0.05) is 24.3 Å². The van der Waals surface area contributed by atoms with Gasteiger partial charge in [0, 0.05) is 39.7 Å². The van der Waals surface area contributed by atoms with E-state index in [1.165, 1.54) is 72.4 Å². The van der Waals surface area contributed by atoms with Gasteiger partial charge in [-0.05, 0) is 93.7 Å². The maximum Gasteiger partial charge on any atom is 0.0455 e. The molecule has 0 saturated carbocycles. The second kappa shape index (κ2) is 7.00. The molecular weight excluding hydrogens is 465 g/mol. The highest BCUT2D eigenvalue weighted by Gasteiger charge is 2.13. The van der Waals surface area contributed by atoms with Crippen molar-refractivity contribution in [1.82, 2.24) is 0 Å². The van der Waals surface area contributed by atoms with E-state index in [0.717, 1.165) is 0 Å². The molecule has 0 fully saturated rings. The molecule has 0 N–H and O–H groups in total. The average Bonchev–Trinajstić information content (AvgIpc) is 3.57. The molecule has 0 saturated heterocycles. The molecule has 4 aromatic heterocycles. The van der Waals surface area contributed by atoms with E-state index < -0.39 is 0 Å². The minimum atomic E-state index is 1.34. The van der Waals surface area contributed by atoms with Gasteiger partial charge in [-0.3, -0.25) is 0 Å². The number of hydrogen-bond donors (Lipinski definition) is 0. The summed E-state index contributed by atoms with van der Waals surface area (Å²) in [4.78, 5) is 5.48. The lowest BCUT2D eigenvalue weighted by Gasteiger charge is -2.06. The smallest absolute Gasteiger partial charge is 0.0455 e. The summed E-state index contributed by atoms with van der Waals surface area (Å²) in [6, 6.07) is 23.3. The Morgan fingerprint density at radius 1 is 0.438 bits per heavy atom. The maximum atomic E-state index is 2.39. The molecule has 0 aliphatic rings. The van der Waals surface area contributed by atoms with Crippen LogP contribution in [0.2, 0.25) is 0 Å². The van der Waals surface area contributed by atoms with Gasteiger partial charge in [-0.25, -0.2) is 0 Å². The minimum Gasteiger partial charge on any atom is -0.143 e. The van der Waals surface area contributed by atoms with Gasteiger partial charge in [0.1, 0.15) is 0 Å². The van der Waals surface area contributed by atoms with Crippen molar-refractivity contribution in [3.63, 3.8) is 0 Å². The molecular formula is C28H18S4. The van der Waals surface area contributed by atoms with Crippen molar-refractivity contribution in [1.29, 1.82) is 0 Å². The number of rotatable bonds is 2. The Bertz CT molecular complexity index is 1670. The molecule has 0 bridgehead atoms. The Balaban J connectivity index is 1.46. The molecule has 3 aromatic carbocycles. The van der Waals surface area contributed by atoms with Crippen molar-refractivity contribution in [2.75, 3.05) is 0 Å². The van der Waals surface area contributed by atoms with E-state index in [1.807, 2.05) is 45.3 Å². The summed E-state index contributed by atoms with van der Waals surface area (Å²) < 4.78 is 2.73. The van der Waals surface area contributed by atoms with Crippen LogP contribution in [0.1, 0.15) is 11.1 Å². The number of hydrogen-bond acceptors (Lipinski definition) is 4. The normalized spacial score (nSPS) is 12.1. The zero-order valence-electron chi connectivity index (χ0n) is 17.6. The Hall–Kier alpha value is -2.50. The Morgan fingerprint density at radius 2 is 0.844 bits per heavy atom. The number of benzene rings is 3. The zero-order chi connectivity index (χ0) is 21.4. The van der Waals surface area contributed by atoms with Crippen LogP contribution in [0, 0.1) is 13.8 Å². The third kappa shape index (κ3) is 2.84. The Morgan fingerprint density at radius 3 is 1.25 bits per heavy atom. The lowest BCUT2D eigenvalue weighted by Crippen LogP contribution is -1.79. The van der Waals surface area contributed by atoms with Gasteiger partial charge in [0.15, 0.2) is 0 Å². The van der Waals surface area contributed by atoms with Crippen LogP contribution in [0.15, 0.2) is 71.4 Å². The van der Waals surface area contributed by atoms with Crippen molar-refractivity contribution in [3.05, 3.63) is 82.6 Å². The maximum absolute atomic E-state index is 2.39. The molecule has 154 valence electrons. The molecule has 0 atom stereocenters. The van der Waals surface area contributed by atoms with E-state index in [4.69, 9.17) is 0 Å². The molecule has 32 heavy (non-hydrogen) atoms. The Kier molecular flexibility index (Phi) is 4.16. The summed E-state index contributed by atoms with van der Waals surface area (Å²) in [5.41, 5.74) is 2.69. The summed E-state index contributed by atoms with van der Waals surface area (Å²) >= 11 is 7.49. The van der Waals surface area contributed by atoms with Crippen molar-refractivity contribution < 1.29 is 0 Å². The first kappa shape index (κ1) is 19.0. The molecule has 0 radical (unpaired) electrons. The fourth-order valence-corrected chi connectivity index (χ4v) is 8.76. The van der Waals surface area contributed by atoms with E-state index in [0.29, 0.717) is 0 Å². The van der Waals surface area contributed by atoms with Gasteiger partial charge in [0.2, 0.25) is 0 Å². The zero-order valence-corrected chi connectivity index (χ0v) is 20.8. The van der Waals surface area contributed by atoms with Crippen LogP contribution in [0.5, 0.6) is 0 Å². The van der Waals surface area contributed by atoms with Crippen LogP contribution >= 0.6 is 45.3 Å². The van der Waals surface area contributed by atoms with Gasteiger partial charge in [0.05, 0.1) is 0 Å². The highest BCUT2D eigenvalue weighted by atomic mass is 32.1. The number of fused-ring (bicyclic) bond motifs is 7. The minimum absolute atomic E-state index is 1.34. The molecule has 0 nitrogen and oxygen atoms in total. The third-order valence-corrected chi connectivity index (χ3v) is 10.8. The van der Waals surface area contributed by atoms with Gasteiger partial charge in [-0.2, -0.15) is 0 Å². The predicted molar refractivity (Wildman–Crippen MR) is 148 cm³/mol. The van der Waals surface area contributed by atoms with E-state index in [-0.39, 0.29) is 0 Å². The summed E-state index contributed by atoms with van der Waals surface area (Å²) in [7, 11) is 0. The quantitative estimate of drug-likeness (QED) is 0.215. The van der Waals surface area contributed by atoms with E-state index in [1.54, 1.807) is 0 Å². The monoisotopic (exact) mass is 482 g/mol. The summed E-state index contributed by atoms with van der Waals surface area (Å²) in [6.45, 7) is 4.34. The molecule has 0 aliphatic carbocycles. The SMILES string of the molecule is Cc1csc(-c2cc3c(ccc4c3ccc3c5cc(-c6cc(C)cs6)sc5ccc34)s2)c1. The Labute approximate surface area is 202 Å². The first-order chi connectivity index (χ1) is 15.6. The van der Waals surface area contributed by atoms with Gasteiger partial charge in [-0.15, -0.1) is 45.3 Å². The number of aryl methyl sites for hydroxylation is 2. The van der Waals surface area contributed by atoms with Crippen molar-refractivity contribution in [3.8, 4) is 19.5 Å². The molecule has 0 unspecified atom stereocenters. The highest BCUT2D eigenvalue weighted by molar-refractivity contribution is 7.26. The van der Waals surface area contributed by atoms with Crippen LogP contribution in [0.3, 0.4) is 0 Å². The largest absolute Gasteiger partial charge is 0.143 e.